The molecule has 200 valence electrons. The van der Waals surface area contributed by atoms with Crippen molar-refractivity contribution >= 4 is 17.7 Å². The molecule has 0 aromatic carbocycles. The van der Waals surface area contributed by atoms with E-state index in [0.717, 1.165) is 18.4 Å². The molecule has 0 aromatic rings. The zero-order valence-electron chi connectivity index (χ0n) is 23.0. The Labute approximate surface area is 214 Å². The molecule has 1 spiro atoms. The SMILES string of the molecule is CC/C(C)=C/C(=O)O[C@H]1CC2CC3(OC4=C(O3)C(C)CC4=O)[C@](C)([C@H](C)OC(C)=O)C2C(C(C)C)C1. The van der Waals surface area contributed by atoms with Gasteiger partial charge in [-0.1, -0.05) is 33.3 Å². The molecule has 8 atom stereocenters. The third-order valence-electron chi connectivity index (χ3n) is 9.32. The molecule has 36 heavy (non-hydrogen) atoms. The van der Waals surface area contributed by atoms with Crippen LogP contribution in [-0.4, -0.2) is 35.7 Å². The van der Waals surface area contributed by atoms with E-state index in [1.165, 1.54) is 6.92 Å². The Balaban J connectivity index is 1.70. The van der Waals surface area contributed by atoms with Crippen LogP contribution in [0.5, 0.6) is 0 Å². The molecule has 4 aliphatic rings. The lowest BCUT2D eigenvalue weighted by molar-refractivity contribution is -0.259. The fourth-order valence-electron chi connectivity index (χ4n) is 7.33. The van der Waals surface area contributed by atoms with E-state index >= 15 is 0 Å². The summed E-state index contributed by atoms with van der Waals surface area (Å²) in [5, 5.41) is 0. The summed E-state index contributed by atoms with van der Waals surface area (Å²) in [6, 6.07) is 0. The lowest BCUT2D eigenvalue weighted by Gasteiger charge is -2.50. The van der Waals surface area contributed by atoms with Crippen molar-refractivity contribution in [1.82, 2.24) is 0 Å². The largest absolute Gasteiger partial charge is 0.462 e. The van der Waals surface area contributed by atoms with Crippen molar-refractivity contribution in [3.63, 3.8) is 0 Å². The van der Waals surface area contributed by atoms with Gasteiger partial charge in [0.25, 0.3) is 5.79 Å². The van der Waals surface area contributed by atoms with Gasteiger partial charge < -0.3 is 18.9 Å². The molecule has 3 aliphatic carbocycles. The zero-order valence-corrected chi connectivity index (χ0v) is 23.0. The Kier molecular flexibility index (Phi) is 7.08. The van der Waals surface area contributed by atoms with Crippen LogP contribution >= 0.6 is 0 Å². The van der Waals surface area contributed by atoms with Crippen LogP contribution < -0.4 is 0 Å². The van der Waals surface area contributed by atoms with Gasteiger partial charge in [-0.3, -0.25) is 9.59 Å². The maximum Gasteiger partial charge on any atom is 0.330 e. The quantitative estimate of drug-likeness (QED) is 0.351. The van der Waals surface area contributed by atoms with Crippen LogP contribution in [0.2, 0.25) is 0 Å². The predicted molar refractivity (Wildman–Crippen MR) is 133 cm³/mol. The number of rotatable bonds is 6. The lowest BCUT2D eigenvalue weighted by atomic mass is 9.58. The first-order valence-electron chi connectivity index (χ1n) is 13.5. The van der Waals surface area contributed by atoms with E-state index in [2.05, 4.69) is 20.8 Å². The van der Waals surface area contributed by atoms with E-state index in [0.29, 0.717) is 36.7 Å². The molecule has 0 bridgehead atoms. The monoisotopic (exact) mass is 502 g/mol. The molecular formula is C29H42O7. The number of carbonyl (C=O) groups is 3. The lowest BCUT2D eigenvalue weighted by Crippen LogP contribution is -2.57. The second kappa shape index (κ2) is 9.53. The van der Waals surface area contributed by atoms with Gasteiger partial charge in [0.2, 0.25) is 11.5 Å². The van der Waals surface area contributed by atoms with E-state index in [1.807, 2.05) is 27.7 Å². The molecule has 7 nitrogen and oxygen atoms in total. The van der Waals surface area contributed by atoms with Crippen LogP contribution in [0.15, 0.2) is 23.2 Å². The third kappa shape index (κ3) is 4.26. The Morgan fingerprint density at radius 2 is 1.86 bits per heavy atom. The molecular weight excluding hydrogens is 460 g/mol. The maximum atomic E-state index is 12.7. The Bertz CT molecular complexity index is 994. The van der Waals surface area contributed by atoms with Crippen LogP contribution in [-0.2, 0) is 33.3 Å². The average Bonchev–Trinajstić information content (AvgIpc) is 3.37. The van der Waals surface area contributed by atoms with E-state index < -0.39 is 17.3 Å². The Hall–Kier alpha value is -2.31. The fraction of sp³-hybridized carbons (Fsp3) is 0.759. The van der Waals surface area contributed by atoms with Crippen molar-refractivity contribution in [3.05, 3.63) is 23.2 Å². The second-order valence-corrected chi connectivity index (χ2v) is 12.0. The Morgan fingerprint density at radius 1 is 1.17 bits per heavy atom. The van der Waals surface area contributed by atoms with Crippen LogP contribution in [0.3, 0.4) is 0 Å². The molecule has 0 N–H and O–H groups in total. The number of ketones is 1. The molecule has 7 heteroatoms. The normalized spacial score (nSPS) is 38.5. The number of hydrogen-bond donors (Lipinski definition) is 0. The van der Waals surface area contributed by atoms with Crippen molar-refractivity contribution in [2.45, 2.75) is 105 Å². The van der Waals surface area contributed by atoms with E-state index in [-0.39, 0.29) is 47.5 Å². The van der Waals surface area contributed by atoms with Gasteiger partial charge in [0.05, 0.1) is 5.41 Å². The van der Waals surface area contributed by atoms with Crippen LogP contribution in [0.25, 0.3) is 0 Å². The number of carbonyl (C=O) groups excluding carboxylic acids is 3. The summed E-state index contributed by atoms with van der Waals surface area (Å²) in [6.07, 6.45) is 4.04. The average molecular weight is 503 g/mol. The molecule has 1 heterocycles. The van der Waals surface area contributed by atoms with E-state index in [9.17, 15) is 14.4 Å². The number of ether oxygens (including phenoxy) is 4. The van der Waals surface area contributed by atoms with Gasteiger partial charge in [0.1, 0.15) is 12.2 Å². The minimum atomic E-state index is -1.10. The summed E-state index contributed by atoms with van der Waals surface area (Å²) < 4.78 is 25.0. The second-order valence-electron chi connectivity index (χ2n) is 12.0. The molecule has 0 radical (unpaired) electrons. The number of fused-ring (bicyclic) bond motifs is 1. The highest BCUT2D eigenvalue weighted by molar-refractivity contribution is 5.97. The zero-order chi connectivity index (χ0) is 26.6. The fourth-order valence-corrected chi connectivity index (χ4v) is 7.33. The molecule has 0 amide bonds. The highest BCUT2D eigenvalue weighted by Gasteiger charge is 2.73. The van der Waals surface area contributed by atoms with Crippen molar-refractivity contribution in [2.24, 2.45) is 35.0 Å². The Morgan fingerprint density at radius 3 is 2.44 bits per heavy atom. The van der Waals surface area contributed by atoms with Crippen molar-refractivity contribution in [3.8, 4) is 0 Å². The third-order valence-corrected chi connectivity index (χ3v) is 9.32. The van der Waals surface area contributed by atoms with E-state index in [1.54, 1.807) is 6.08 Å². The summed E-state index contributed by atoms with van der Waals surface area (Å²) in [5.74, 6) is -0.141. The van der Waals surface area contributed by atoms with Gasteiger partial charge in [-0.05, 0) is 63.7 Å². The molecule has 2 saturated carbocycles. The van der Waals surface area contributed by atoms with Gasteiger partial charge in [-0.2, -0.15) is 0 Å². The first-order valence-corrected chi connectivity index (χ1v) is 13.5. The smallest absolute Gasteiger partial charge is 0.330 e. The molecule has 2 fully saturated rings. The minimum absolute atomic E-state index is 0.0305. The van der Waals surface area contributed by atoms with Crippen molar-refractivity contribution in [2.75, 3.05) is 0 Å². The van der Waals surface area contributed by atoms with E-state index in [4.69, 9.17) is 18.9 Å². The highest BCUT2D eigenvalue weighted by atomic mass is 16.7. The van der Waals surface area contributed by atoms with Crippen molar-refractivity contribution < 1.29 is 33.3 Å². The molecule has 5 unspecified atom stereocenters. The standard InChI is InChI=1S/C29H42O7/c1-9-16(4)10-24(32)34-21-12-20-14-29(35-26-17(5)11-23(31)27(26)36-29)28(8,18(6)33-19(7)30)25(20)22(13-21)15(2)3/h10,15,17-18,20-22,25H,9,11-14H2,1-8H3/b16-10+/t17?,18-,20?,21-,22?,25?,28+,29?/m0/s1. The highest BCUT2D eigenvalue weighted by Crippen LogP contribution is 2.68. The molecule has 1 aliphatic heterocycles. The number of Topliss-reactive ketones (excluding diaryl/α,β-unsaturated/α-hetero) is 1. The van der Waals surface area contributed by atoms with Gasteiger partial charge in [-0.25, -0.2) is 4.79 Å². The van der Waals surface area contributed by atoms with Crippen molar-refractivity contribution in [1.29, 1.82) is 0 Å². The molecule has 0 aromatic heterocycles. The van der Waals surface area contributed by atoms with Gasteiger partial charge in [-0.15, -0.1) is 0 Å². The molecule has 0 saturated heterocycles. The van der Waals surface area contributed by atoms with Crippen LogP contribution in [0.1, 0.15) is 87.5 Å². The first kappa shape index (κ1) is 26.7. The predicted octanol–water partition coefficient (Wildman–Crippen LogP) is 5.48. The van der Waals surface area contributed by atoms with Gasteiger partial charge in [0.15, 0.2) is 5.76 Å². The van der Waals surface area contributed by atoms with Crippen LogP contribution in [0.4, 0.5) is 0 Å². The first-order chi connectivity index (χ1) is 16.8. The van der Waals surface area contributed by atoms with Gasteiger partial charge in [0, 0.05) is 31.8 Å². The minimum Gasteiger partial charge on any atom is -0.462 e. The molecule has 4 rings (SSSR count). The number of hydrogen-bond acceptors (Lipinski definition) is 7. The topological polar surface area (TPSA) is 88.1 Å². The van der Waals surface area contributed by atoms with Gasteiger partial charge >= 0.3 is 11.9 Å². The maximum absolute atomic E-state index is 12.7. The number of esters is 2. The summed E-state index contributed by atoms with van der Waals surface area (Å²) >= 11 is 0. The summed E-state index contributed by atoms with van der Waals surface area (Å²) in [6.45, 7) is 15.7. The summed E-state index contributed by atoms with van der Waals surface area (Å²) in [7, 11) is 0. The summed E-state index contributed by atoms with van der Waals surface area (Å²) in [5.41, 5.74) is 0.292. The number of allylic oxidation sites excluding steroid dienone is 3. The summed E-state index contributed by atoms with van der Waals surface area (Å²) in [4.78, 5) is 37.4. The van der Waals surface area contributed by atoms with Crippen LogP contribution in [0, 0.1) is 35.0 Å².